The first-order chi connectivity index (χ1) is 8.27. The maximum atomic E-state index is 5.87. The lowest BCUT2D eigenvalue weighted by Crippen LogP contribution is -2.12. The van der Waals surface area contributed by atoms with Crippen LogP contribution in [0.1, 0.15) is 56.9 Å². The summed E-state index contributed by atoms with van der Waals surface area (Å²) < 4.78 is 1.14. The molecular formula is C15H24BrN. The lowest BCUT2D eigenvalue weighted by atomic mass is 9.93. The Hall–Kier alpha value is -0.340. The molecule has 0 saturated carbocycles. The Balaban J connectivity index is 2.35. The molecule has 0 aliphatic carbocycles. The Bertz CT molecular complexity index is 294. The molecule has 0 aliphatic rings. The van der Waals surface area contributed by atoms with E-state index < -0.39 is 0 Å². The largest absolute Gasteiger partial charge is 0.330 e. The molecule has 1 atom stereocenters. The number of benzene rings is 1. The van der Waals surface area contributed by atoms with Crippen LogP contribution in [0, 0.1) is 0 Å². The summed E-state index contributed by atoms with van der Waals surface area (Å²) >= 11 is 3.47. The molecule has 0 bridgehead atoms. The maximum Gasteiger partial charge on any atom is 0.0175 e. The third kappa shape index (κ3) is 5.69. The van der Waals surface area contributed by atoms with Crippen LogP contribution >= 0.6 is 15.9 Å². The molecule has 96 valence electrons. The predicted octanol–water partition coefficient (Wildman–Crippen LogP) is 4.85. The molecule has 2 N–H and O–H groups in total. The minimum Gasteiger partial charge on any atom is -0.330 e. The van der Waals surface area contributed by atoms with Crippen molar-refractivity contribution in [1.29, 1.82) is 0 Å². The Kier molecular flexibility index (Phi) is 7.54. The molecule has 0 saturated heterocycles. The fourth-order valence-corrected chi connectivity index (χ4v) is 2.41. The van der Waals surface area contributed by atoms with Crippen molar-refractivity contribution in [1.82, 2.24) is 0 Å². The van der Waals surface area contributed by atoms with Crippen LogP contribution < -0.4 is 5.73 Å². The van der Waals surface area contributed by atoms with Gasteiger partial charge in [-0.1, -0.05) is 67.1 Å². The number of nitrogens with two attached hydrogens (primary N) is 1. The first-order valence-electron chi connectivity index (χ1n) is 6.73. The van der Waals surface area contributed by atoms with Crippen molar-refractivity contribution < 1.29 is 0 Å². The van der Waals surface area contributed by atoms with E-state index in [4.69, 9.17) is 5.73 Å². The van der Waals surface area contributed by atoms with Gasteiger partial charge >= 0.3 is 0 Å². The van der Waals surface area contributed by atoms with Crippen LogP contribution in [0.2, 0.25) is 0 Å². The van der Waals surface area contributed by atoms with E-state index in [0.29, 0.717) is 5.92 Å². The third-order valence-electron chi connectivity index (χ3n) is 3.28. The summed E-state index contributed by atoms with van der Waals surface area (Å²) in [5.74, 6) is 0.532. The zero-order valence-corrected chi connectivity index (χ0v) is 12.4. The second-order valence-electron chi connectivity index (χ2n) is 4.69. The lowest BCUT2D eigenvalue weighted by molar-refractivity contribution is 0.549. The summed E-state index contributed by atoms with van der Waals surface area (Å²) in [6, 6.07) is 8.59. The van der Waals surface area contributed by atoms with Crippen LogP contribution in [0.5, 0.6) is 0 Å². The number of rotatable bonds is 8. The molecule has 1 rings (SSSR count). The fraction of sp³-hybridized carbons (Fsp3) is 0.600. The van der Waals surface area contributed by atoms with Crippen molar-refractivity contribution in [3.63, 3.8) is 0 Å². The number of halogens is 1. The molecule has 0 aliphatic heterocycles. The predicted molar refractivity (Wildman–Crippen MR) is 79.3 cm³/mol. The first-order valence-corrected chi connectivity index (χ1v) is 7.52. The molecule has 0 radical (unpaired) electrons. The van der Waals surface area contributed by atoms with Gasteiger partial charge in [0.1, 0.15) is 0 Å². The highest BCUT2D eigenvalue weighted by molar-refractivity contribution is 9.10. The van der Waals surface area contributed by atoms with Crippen molar-refractivity contribution in [2.45, 2.75) is 51.4 Å². The average Bonchev–Trinajstić information content (AvgIpc) is 2.35. The second kappa shape index (κ2) is 8.71. The summed E-state index contributed by atoms with van der Waals surface area (Å²) in [6.07, 6.45) is 7.92. The first kappa shape index (κ1) is 14.7. The van der Waals surface area contributed by atoms with E-state index in [1.807, 2.05) is 0 Å². The third-order valence-corrected chi connectivity index (χ3v) is 3.81. The van der Waals surface area contributed by atoms with E-state index in [-0.39, 0.29) is 0 Å². The van der Waals surface area contributed by atoms with Gasteiger partial charge in [0.05, 0.1) is 0 Å². The molecule has 0 spiro atoms. The molecule has 0 heterocycles. The monoisotopic (exact) mass is 297 g/mol. The Morgan fingerprint density at radius 2 is 1.71 bits per heavy atom. The Morgan fingerprint density at radius 3 is 2.29 bits per heavy atom. The van der Waals surface area contributed by atoms with Gasteiger partial charge in [0.15, 0.2) is 0 Å². The molecule has 0 fully saturated rings. The summed E-state index contributed by atoms with van der Waals surface area (Å²) in [4.78, 5) is 0. The summed E-state index contributed by atoms with van der Waals surface area (Å²) in [5.41, 5.74) is 7.25. The molecule has 2 heteroatoms. The smallest absolute Gasteiger partial charge is 0.0175 e. The highest BCUT2D eigenvalue weighted by Gasteiger charge is 2.08. The molecular weight excluding hydrogens is 274 g/mol. The quantitative estimate of drug-likeness (QED) is 0.682. The van der Waals surface area contributed by atoms with Crippen LogP contribution in [-0.4, -0.2) is 6.54 Å². The van der Waals surface area contributed by atoms with Crippen molar-refractivity contribution in [2.24, 2.45) is 5.73 Å². The molecule has 1 unspecified atom stereocenters. The summed E-state index contributed by atoms with van der Waals surface area (Å²) in [6.45, 7) is 3.01. The Morgan fingerprint density at radius 1 is 1.06 bits per heavy atom. The van der Waals surface area contributed by atoms with Gasteiger partial charge in [-0.25, -0.2) is 0 Å². The topological polar surface area (TPSA) is 26.0 Å². The number of hydrogen-bond acceptors (Lipinski definition) is 1. The van der Waals surface area contributed by atoms with Gasteiger partial charge in [0, 0.05) is 4.47 Å². The molecule has 17 heavy (non-hydrogen) atoms. The SMILES string of the molecule is CCCCCCCC(CN)c1ccc(Br)cc1. The number of unbranched alkanes of at least 4 members (excludes halogenated alkanes) is 4. The lowest BCUT2D eigenvalue weighted by Gasteiger charge is -2.15. The molecule has 1 aromatic carbocycles. The summed E-state index contributed by atoms with van der Waals surface area (Å²) in [5, 5.41) is 0. The van der Waals surface area contributed by atoms with E-state index in [1.165, 1.54) is 44.1 Å². The fourth-order valence-electron chi connectivity index (χ4n) is 2.15. The highest BCUT2D eigenvalue weighted by atomic mass is 79.9. The average molecular weight is 298 g/mol. The van der Waals surface area contributed by atoms with Crippen LogP contribution in [0.25, 0.3) is 0 Å². The van der Waals surface area contributed by atoms with Gasteiger partial charge < -0.3 is 5.73 Å². The van der Waals surface area contributed by atoms with Gasteiger partial charge in [0.25, 0.3) is 0 Å². The molecule has 0 amide bonds. The van der Waals surface area contributed by atoms with Crippen molar-refractivity contribution in [3.05, 3.63) is 34.3 Å². The van der Waals surface area contributed by atoms with E-state index >= 15 is 0 Å². The van der Waals surface area contributed by atoms with E-state index in [1.54, 1.807) is 0 Å². The minimum absolute atomic E-state index is 0.532. The van der Waals surface area contributed by atoms with Crippen LogP contribution in [-0.2, 0) is 0 Å². The molecule has 1 nitrogen and oxygen atoms in total. The van der Waals surface area contributed by atoms with Crippen LogP contribution in [0.3, 0.4) is 0 Å². The van der Waals surface area contributed by atoms with Gasteiger partial charge in [-0.05, 0) is 36.6 Å². The normalized spacial score (nSPS) is 12.6. The van der Waals surface area contributed by atoms with Crippen LogP contribution in [0.4, 0.5) is 0 Å². The minimum atomic E-state index is 0.532. The highest BCUT2D eigenvalue weighted by Crippen LogP contribution is 2.23. The van der Waals surface area contributed by atoms with Crippen molar-refractivity contribution in [3.8, 4) is 0 Å². The van der Waals surface area contributed by atoms with E-state index in [2.05, 4.69) is 47.1 Å². The second-order valence-corrected chi connectivity index (χ2v) is 5.60. The van der Waals surface area contributed by atoms with Gasteiger partial charge in [-0.15, -0.1) is 0 Å². The Labute approximate surface area is 114 Å². The summed E-state index contributed by atoms with van der Waals surface area (Å²) in [7, 11) is 0. The van der Waals surface area contributed by atoms with Crippen molar-refractivity contribution in [2.75, 3.05) is 6.54 Å². The van der Waals surface area contributed by atoms with Gasteiger partial charge in [-0.3, -0.25) is 0 Å². The van der Waals surface area contributed by atoms with E-state index in [9.17, 15) is 0 Å². The van der Waals surface area contributed by atoms with Crippen LogP contribution in [0.15, 0.2) is 28.7 Å². The van der Waals surface area contributed by atoms with Gasteiger partial charge in [-0.2, -0.15) is 0 Å². The van der Waals surface area contributed by atoms with Crippen molar-refractivity contribution >= 4 is 15.9 Å². The van der Waals surface area contributed by atoms with E-state index in [0.717, 1.165) is 11.0 Å². The zero-order chi connectivity index (χ0) is 12.5. The molecule has 0 aromatic heterocycles. The maximum absolute atomic E-state index is 5.87. The number of hydrogen-bond donors (Lipinski definition) is 1. The standard InChI is InChI=1S/C15H24BrN/c1-2-3-4-5-6-7-14(12-17)13-8-10-15(16)11-9-13/h8-11,14H,2-7,12,17H2,1H3. The van der Waals surface area contributed by atoms with Gasteiger partial charge in [0.2, 0.25) is 0 Å². The molecule has 1 aromatic rings. The zero-order valence-electron chi connectivity index (χ0n) is 10.8.